The number of nitrogens with one attached hydrogen (secondary N) is 1. The molecule has 4 nitrogen and oxygen atoms in total. The van der Waals surface area contributed by atoms with Crippen molar-refractivity contribution in [3.05, 3.63) is 52.3 Å². The lowest BCUT2D eigenvalue weighted by molar-refractivity contribution is 0.102. The molecule has 0 bridgehead atoms. The van der Waals surface area contributed by atoms with Crippen molar-refractivity contribution in [2.24, 2.45) is 0 Å². The number of anilines is 1. The Morgan fingerprint density at radius 3 is 2.48 bits per heavy atom. The van der Waals surface area contributed by atoms with Gasteiger partial charge in [-0.3, -0.25) is 4.79 Å². The van der Waals surface area contributed by atoms with E-state index in [1.807, 2.05) is 0 Å². The van der Waals surface area contributed by atoms with Gasteiger partial charge < -0.3 is 14.8 Å². The first-order valence-corrected chi connectivity index (χ1v) is 6.82. The third-order valence-corrected chi connectivity index (χ3v) is 3.47. The molecule has 2 aromatic carbocycles. The second-order valence-corrected chi connectivity index (χ2v) is 5.03. The van der Waals surface area contributed by atoms with Crippen LogP contribution in [0.2, 0.25) is 0 Å². The highest BCUT2D eigenvalue weighted by Crippen LogP contribution is 2.25. The molecule has 2 rings (SSSR count). The maximum absolute atomic E-state index is 13.4. The van der Waals surface area contributed by atoms with Gasteiger partial charge in [0.2, 0.25) is 0 Å². The average molecular weight is 354 g/mol. The van der Waals surface area contributed by atoms with Crippen molar-refractivity contribution in [3.63, 3.8) is 0 Å². The molecule has 0 aromatic heterocycles. The third kappa shape index (κ3) is 3.72. The molecule has 0 spiro atoms. The van der Waals surface area contributed by atoms with Crippen molar-refractivity contribution in [2.45, 2.75) is 0 Å². The highest BCUT2D eigenvalue weighted by molar-refractivity contribution is 9.10. The number of ether oxygens (including phenoxy) is 2. The summed E-state index contributed by atoms with van der Waals surface area (Å²) in [6.07, 6.45) is 0. The third-order valence-electron chi connectivity index (χ3n) is 2.78. The van der Waals surface area contributed by atoms with Crippen LogP contribution in [0.1, 0.15) is 10.4 Å². The second kappa shape index (κ2) is 6.58. The number of methoxy groups -OCH3 is 2. The minimum absolute atomic E-state index is 0.312. The maximum atomic E-state index is 13.4. The van der Waals surface area contributed by atoms with Crippen molar-refractivity contribution < 1.29 is 18.7 Å². The topological polar surface area (TPSA) is 47.6 Å². The number of hydrogen-bond donors (Lipinski definition) is 1. The van der Waals surface area contributed by atoms with Crippen molar-refractivity contribution in [3.8, 4) is 11.5 Å². The summed E-state index contributed by atoms with van der Waals surface area (Å²) in [6, 6.07) is 9.02. The zero-order chi connectivity index (χ0) is 15.4. The normalized spacial score (nSPS) is 10.1. The first-order chi connectivity index (χ1) is 10.0. The van der Waals surface area contributed by atoms with Gasteiger partial charge in [0.1, 0.15) is 17.3 Å². The van der Waals surface area contributed by atoms with Crippen LogP contribution in [0.15, 0.2) is 40.9 Å². The van der Waals surface area contributed by atoms with Gasteiger partial charge in [-0.2, -0.15) is 0 Å². The van der Waals surface area contributed by atoms with Gasteiger partial charge in [-0.1, -0.05) is 0 Å². The molecular weight excluding hydrogens is 341 g/mol. The van der Waals surface area contributed by atoms with Crippen molar-refractivity contribution in [2.75, 3.05) is 19.5 Å². The van der Waals surface area contributed by atoms with E-state index in [4.69, 9.17) is 9.47 Å². The molecule has 0 radical (unpaired) electrons. The van der Waals surface area contributed by atoms with E-state index in [0.29, 0.717) is 27.2 Å². The summed E-state index contributed by atoms with van der Waals surface area (Å²) in [5.41, 5.74) is 0.698. The molecule has 2 aromatic rings. The predicted molar refractivity (Wildman–Crippen MR) is 81.6 cm³/mol. The molecule has 0 aliphatic heterocycles. The molecule has 110 valence electrons. The van der Waals surface area contributed by atoms with Crippen LogP contribution in [0.4, 0.5) is 10.1 Å². The quantitative estimate of drug-likeness (QED) is 0.907. The van der Waals surface area contributed by atoms with Gasteiger partial charge in [-0.05, 0) is 40.2 Å². The molecule has 6 heteroatoms. The summed E-state index contributed by atoms with van der Waals surface area (Å²) >= 11 is 3.30. The minimum atomic E-state index is -0.491. The standard InChI is InChI=1S/C15H13BrFNO3/c1-20-11-3-4-14(16)13(8-11)15(19)18-10-5-9(17)6-12(7-10)21-2/h3-8H,1-2H3,(H,18,19). The molecule has 1 amide bonds. The largest absolute Gasteiger partial charge is 0.497 e. The van der Waals surface area contributed by atoms with E-state index >= 15 is 0 Å². The van der Waals surface area contributed by atoms with Crippen LogP contribution >= 0.6 is 15.9 Å². The average Bonchev–Trinajstić information content (AvgIpc) is 2.46. The lowest BCUT2D eigenvalue weighted by Crippen LogP contribution is -2.13. The molecule has 0 saturated heterocycles. The number of amides is 1. The van der Waals surface area contributed by atoms with Gasteiger partial charge in [0, 0.05) is 22.3 Å². The Balaban J connectivity index is 2.27. The van der Waals surface area contributed by atoms with E-state index in [0.717, 1.165) is 0 Å². The molecule has 0 heterocycles. The highest BCUT2D eigenvalue weighted by atomic mass is 79.9. The lowest BCUT2D eigenvalue weighted by atomic mass is 10.2. The van der Waals surface area contributed by atoms with Crippen LogP contribution in [0.5, 0.6) is 11.5 Å². The van der Waals surface area contributed by atoms with E-state index in [-0.39, 0.29) is 5.91 Å². The fraction of sp³-hybridized carbons (Fsp3) is 0.133. The minimum Gasteiger partial charge on any atom is -0.497 e. The Labute approximate surface area is 130 Å². The van der Waals surface area contributed by atoms with Crippen LogP contribution in [-0.2, 0) is 0 Å². The first-order valence-electron chi connectivity index (χ1n) is 6.03. The monoisotopic (exact) mass is 353 g/mol. The summed E-state index contributed by atoms with van der Waals surface area (Å²) in [6.45, 7) is 0. The van der Waals surface area contributed by atoms with E-state index in [1.54, 1.807) is 18.2 Å². The molecule has 0 aliphatic rings. The second-order valence-electron chi connectivity index (χ2n) is 4.18. The number of halogens is 2. The Morgan fingerprint density at radius 2 is 1.81 bits per heavy atom. The van der Waals surface area contributed by atoms with E-state index < -0.39 is 5.82 Å². The number of rotatable bonds is 4. The fourth-order valence-corrected chi connectivity index (χ4v) is 2.18. The first kappa shape index (κ1) is 15.3. The van der Waals surface area contributed by atoms with E-state index in [1.165, 1.54) is 32.4 Å². The summed E-state index contributed by atoms with van der Waals surface area (Å²) in [5, 5.41) is 2.62. The lowest BCUT2D eigenvalue weighted by Gasteiger charge is -2.10. The Hall–Kier alpha value is -2.08. The molecule has 1 N–H and O–H groups in total. The van der Waals surface area contributed by atoms with Gasteiger partial charge in [-0.25, -0.2) is 4.39 Å². The predicted octanol–water partition coefficient (Wildman–Crippen LogP) is 3.86. The van der Waals surface area contributed by atoms with Gasteiger partial charge >= 0.3 is 0 Å². The van der Waals surface area contributed by atoms with Gasteiger partial charge in [0.15, 0.2) is 0 Å². The summed E-state index contributed by atoms with van der Waals surface area (Å²) in [5.74, 6) is 0.0120. The zero-order valence-electron chi connectivity index (χ0n) is 11.4. The Bertz CT molecular complexity index is 676. The molecule has 21 heavy (non-hydrogen) atoms. The van der Waals surface area contributed by atoms with Gasteiger partial charge in [-0.15, -0.1) is 0 Å². The highest BCUT2D eigenvalue weighted by Gasteiger charge is 2.12. The van der Waals surface area contributed by atoms with E-state index in [9.17, 15) is 9.18 Å². The molecular formula is C15H13BrFNO3. The van der Waals surface area contributed by atoms with Crippen LogP contribution < -0.4 is 14.8 Å². The molecule has 0 fully saturated rings. The summed E-state index contributed by atoms with van der Waals surface area (Å²) < 4.78 is 24.1. The smallest absolute Gasteiger partial charge is 0.256 e. The molecule has 0 atom stereocenters. The van der Waals surface area contributed by atoms with Gasteiger partial charge in [0.25, 0.3) is 5.91 Å². The number of carbonyl (C=O) groups is 1. The SMILES string of the molecule is COc1cc(F)cc(NC(=O)c2cc(OC)ccc2Br)c1. The summed E-state index contributed by atoms with van der Waals surface area (Å²) in [7, 11) is 2.95. The fourth-order valence-electron chi connectivity index (χ4n) is 1.76. The van der Waals surface area contributed by atoms with Gasteiger partial charge in [0.05, 0.1) is 19.8 Å². The van der Waals surface area contributed by atoms with E-state index in [2.05, 4.69) is 21.2 Å². The van der Waals surface area contributed by atoms with Crippen LogP contribution in [0, 0.1) is 5.82 Å². The maximum Gasteiger partial charge on any atom is 0.256 e. The Morgan fingerprint density at radius 1 is 1.10 bits per heavy atom. The van der Waals surface area contributed by atoms with Crippen LogP contribution in [-0.4, -0.2) is 20.1 Å². The van der Waals surface area contributed by atoms with Crippen LogP contribution in [0.3, 0.4) is 0 Å². The molecule has 0 saturated carbocycles. The zero-order valence-corrected chi connectivity index (χ0v) is 13.0. The van der Waals surface area contributed by atoms with Crippen molar-refractivity contribution in [1.82, 2.24) is 0 Å². The Kier molecular flexibility index (Phi) is 4.80. The van der Waals surface area contributed by atoms with Crippen molar-refractivity contribution >= 4 is 27.5 Å². The van der Waals surface area contributed by atoms with Crippen LogP contribution in [0.25, 0.3) is 0 Å². The van der Waals surface area contributed by atoms with Crippen molar-refractivity contribution in [1.29, 1.82) is 0 Å². The molecule has 0 aliphatic carbocycles. The number of hydrogen-bond acceptors (Lipinski definition) is 3. The summed E-state index contributed by atoms with van der Waals surface area (Å²) in [4.78, 5) is 12.3. The number of benzene rings is 2. The number of carbonyl (C=O) groups excluding carboxylic acids is 1. The molecule has 0 unspecified atom stereocenters.